The zero-order chi connectivity index (χ0) is 13.7. The van der Waals surface area contributed by atoms with Crippen molar-refractivity contribution in [2.24, 2.45) is 5.92 Å². The number of carbonyl (C=O) groups excluding carboxylic acids is 1. The molecular formula is C15H23NO3. The third kappa shape index (κ3) is 3.60. The van der Waals surface area contributed by atoms with Crippen molar-refractivity contribution < 1.29 is 13.9 Å². The minimum absolute atomic E-state index is 0.311. The summed E-state index contributed by atoms with van der Waals surface area (Å²) in [6, 6.07) is 2.30. The molecule has 1 heterocycles. The van der Waals surface area contributed by atoms with Crippen LogP contribution < -0.4 is 5.32 Å². The van der Waals surface area contributed by atoms with Gasteiger partial charge in [0.25, 0.3) is 0 Å². The van der Waals surface area contributed by atoms with Gasteiger partial charge in [-0.3, -0.25) is 0 Å². The van der Waals surface area contributed by atoms with E-state index < -0.39 is 5.97 Å². The molecule has 0 unspecified atom stereocenters. The second-order valence-corrected chi connectivity index (χ2v) is 5.33. The molecule has 0 aliphatic heterocycles. The van der Waals surface area contributed by atoms with Gasteiger partial charge in [0.15, 0.2) is 0 Å². The zero-order valence-corrected chi connectivity index (χ0v) is 11.8. The Labute approximate surface area is 114 Å². The molecule has 1 fully saturated rings. The summed E-state index contributed by atoms with van der Waals surface area (Å²) in [5.41, 5.74) is 0.870. The van der Waals surface area contributed by atoms with Crippen molar-refractivity contribution in [2.75, 3.05) is 7.11 Å². The third-order valence-corrected chi connectivity index (χ3v) is 4.09. The van der Waals surface area contributed by atoms with Crippen LogP contribution in [0.1, 0.15) is 55.1 Å². The van der Waals surface area contributed by atoms with Crippen LogP contribution in [-0.4, -0.2) is 19.1 Å². The summed E-state index contributed by atoms with van der Waals surface area (Å²) in [6.07, 6.45) is 8.21. The van der Waals surface area contributed by atoms with Crippen LogP contribution in [0.2, 0.25) is 0 Å². The van der Waals surface area contributed by atoms with Crippen LogP contribution in [0.15, 0.2) is 16.7 Å². The molecule has 106 valence electrons. The molecule has 4 heteroatoms. The highest BCUT2D eigenvalue weighted by molar-refractivity contribution is 5.87. The number of esters is 1. The van der Waals surface area contributed by atoms with Gasteiger partial charge in [0, 0.05) is 18.2 Å². The summed E-state index contributed by atoms with van der Waals surface area (Å²) in [4.78, 5) is 11.5. The lowest BCUT2D eigenvalue weighted by atomic mass is 9.84. The molecule has 1 N–H and O–H groups in total. The fourth-order valence-electron chi connectivity index (χ4n) is 2.82. The topological polar surface area (TPSA) is 51.5 Å². The van der Waals surface area contributed by atoms with Crippen LogP contribution in [0.3, 0.4) is 0 Å². The first-order chi connectivity index (χ1) is 9.22. The molecule has 0 spiro atoms. The number of rotatable bonds is 5. The molecule has 0 bridgehead atoms. The second kappa shape index (κ2) is 6.75. The van der Waals surface area contributed by atoms with Crippen LogP contribution in [0.5, 0.6) is 0 Å². The fourth-order valence-corrected chi connectivity index (χ4v) is 2.82. The van der Waals surface area contributed by atoms with E-state index in [1.165, 1.54) is 45.5 Å². The van der Waals surface area contributed by atoms with E-state index >= 15 is 0 Å². The molecule has 1 aromatic rings. The van der Waals surface area contributed by atoms with E-state index in [1.54, 1.807) is 0 Å². The van der Waals surface area contributed by atoms with E-state index in [0.717, 1.165) is 11.5 Å². The lowest BCUT2D eigenvalue weighted by molar-refractivity contribution is 0.0563. The number of hydrogen-bond acceptors (Lipinski definition) is 4. The molecule has 1 aliphatic rings. The quantitative estimate of drug-likeness (QED) is 0.831. The van der Waals surface area contributed by atoms with Gasteiger partial charge in [-0.2, -0.15) is 0 Å². The van der Waals surface area contributed by atoms with Crippen LogP contribution >= 0.6 is 0 Å². The molecule has 4 nitrogen and oxygen atoms in total. The highest BCUT2D eigenvalue weighted by atomic mass is 16.5. The van der Waals surface area contributed by atoms with Gasteiger partial charge in [-0.05, 0) is 31.7 Å². The van der Waals surface area contributed by atoms with Crippen molar-refractivity contribution in [3.63, 3.8) is 0 Å². The van der Waals surface area contributed by atoms with Crippen LogP contribution in [-0.2, 0) is 11.3 Å². The molecule has 0 saturated heterocycles. The first-order valence-electron chi connectivity index (χ1n) is 7.10. The van der Waals surface area contributed by atoms with E-state index in [2.05, 4.69) is 12.2 Å². The Hall–Kier alpha value is -1.29. The summed E-state index contributed by atoms with van der Waals surface area (Å²) < 4.78 is 9.88. The van der Waals surface area contributed by atoms with E-state index in [-0.39, 0.29) is 0 Å². The third-order valence-electron chi connectivity index (χ3n) is 4.09. The smallest absolute Gasteiger partial charge is 0.374 e. The first kappa shape index (κ1) is 14.1. The van der Waals surface area contributed by atoms with Crippen LogP contribution in [0.25, 0.3) is 0 Å². The maximum atomic E-state index is 11.5. The maximum Gasteiger partial charge on any atom is 0.374 e. The largest absolute Gasteiger partial charge is 0.463 e. The fraction of sp³-hybridized carbons (Fsp3) is 0.667. The SMILES string of the molecule is COC(=O)c1occc1CN[C@H](C)C1CCCCC1. The molecule has 1 saturated carbocycles. The Morgan fingerprint density at radius 3 is 2.89 bits per heavy atom. The lowest BCUT2D eigenvalue weighted by Gasteiger charge is -2.28. The highest BCUT2D eigenvalue weighted by Gasteiger charge is 2.21. The molecular weight excluding hydrogens is 242 g/mol. The summed E-state index contributed by atoms with van der Waals surface area (Å²) >= 11 is 0. The van der Waals surface area contributed by atoms with Crippen molar-refractivity contribution in [3.8, 4) is 0 Å². The van der Waals surface area contributed by atoms with Gasteiger partial charge in [-0.15, -0.1) is 0 Å². The minimum Gasteiger partial charge on any atom is -0.463 e. The number of ether oxygens (including phenoxy) is 1. The Balaban J connectivity index is 1.87. The maximum absolute atomic E-state index is 11.5. The van der Waals surface area contributed by atoms with Gasteiger partial charge in [0.2, 0.25) is 5.76 Å². The monoisotopic (exact) mass is 265 g/mol. The first-order valence-corrected chi connectivity index (χ1v) is 7.10. The summed E-state index contributed by atoms with van der Waals surface area (Å²) in [5, 5.41) is 3.51. The molecule has 1 atom stereocenters. The predicted molar refractivity (Wildman–Crippen MR) is 72.9 cm³/mol. The average Bonchev–Trinajstić information content (AvgIpc) is 2.93. The highest BCUT2D eigenvalue weighted by Crippen LogP contribution is 2.26. The molecule has 0 amide bonds. The standard InChI is InChI=1S/C15H23NO3/c1-11(12-6-4-3-5-7-12)16-10-13-8-9-19-14(13)15(17)18-2/h8-9,11-12,16H,3-7,10H2,1-2H3/t11-/m1/s1. The van der Waals surface area contributed by atoms with Gasteiger partial charge in [0.1, 0.15) is 0 Å². The Morgan fingerprint density at radius 1 is 1.47 bits per heavy atom. The van der Waals surface area contributed by atoms with E-state index in [0.29, 0.717) is 18.3 Å². The van der Waals surface area contributed by atoms with Crippen molar-refractivity contribution in [3.05, 3.63) is 23.7 Å². The summed E-state index contributed by atoms with van der Waals surface area (Å²) in [6.45, 7) is 2.88. The number of nitrogens with one attached hydrogen (secondary N) is 1. The molecule has 2 rings (SSSR count). The molecule has 0 radical (unpaired) electrons. The van der Waals surface area contributed by atoms with E-state index in [1.807, 2.05) is 6.07 Å². The normalized spacial score (nSPS) is 18.2. The molecule has 19 heavy (non-hydrogen) atoms. The Morgan fingerprint density at radius 2 is 2.21 bits per heavy atom. The van der Waals surface area contributed by atoms with Gasteiger partial charge in [0.05, 0.1) is 13.4 Å². The lowest BCUT2D eigenvalue weighted by Crippen LogP contribution is -2.34. The van der Waals surface area contributed by atoms with Crippen molar-refractivity contribution in [2.45, 2.75) is 51.6 Å². The van der Waals surface area contributed by atoms with Crippen molar-refractivity contribution >= 4 is 5.97 Å². The number of methoxy groups -OCH3 is 1. The van der Waals surface area contributed by atoms with Gasteiger partial charge in [-0.1, -0.05) is 19.3 Å². The molecule has 0 aromatic carbocycles. The number of furan rings is 1. The zero-order valence-electron chi connectivity index (χ0n) is 11.8. The summed E-state index contributed by atoms with van der Waals surface area (Å²) in [5.74, 6) is 0.653. The number of hydrogen-bond donors (Lipinski definition) is 1. The van der Waals surface area contributed by atoms with Crippen LogP contribution in [0, 0.1) is 5.92 Å². The Kier molecular flexibility index (Phi) is 5.02. The average molecular weight is 265 g/mol. The molecule has 1 aromatic heterocycles. The van der Waals surface area contributed by atoms with Crippen molar-refractivity contribution in [1.29, 1.82) is 0 Å². The van der Waals surface area contributed by atoms with E-state index in [9.17, 15) is 4.79 Å². The van der Waals surface area contributed by atoms with Gasteiger partial charge in [-0.25, -0.2) is 4.79 Å². The van der Waals surface area contributed by atoms with Crippen molar-refractivity contribution in [1.82, 2.24) is 5.32 Å². The van der Waals surface area contributed by atoms with Gasteiger partial charge < -0.3 is 14.5 Å². The van der Waals surface area contributed by atoms with E-state index in [4.69, 9.17) is 9.15 Å². The predicted octanol–water partition coefficient (Wildman–Crippen LogP) is 3.12. The minimum atomic E-state index is -0.410. The summed E-state index contributed by atoms with van der Waals surface area (Å²) in [7, 11) is 1.37. The second-order valence-electron chi connectivity index (χ2n) is 5.33. The number of carbonyl (C=O) groups is 1. The van der Waals surface area contributed by atoms with Crippen LogP contribution in [0.4, 0.5) is 0 Å². The Bertz CT molecular complexity index is 407. The van der Waals surface area contributed by atoms with Gasteiger partial charge >= 0.3 is 5.97 Å². The molecule has 1 aliphatic carbocycles.